The highest BCUT2D eigenvalue weighted by atomic mass is 127. The second-order valence-electron chi connectivity index (χ2n) is 2.96. The molecule has 1 aromatic rings. The molecule has 0 unspecified atom stereocenters. The lowest BCUT2D eigenvalue weighted by molar-refractivity contribution is 0.623. The monoisotopic (exact) mass is 277 g/mol. The van der Waals surface area contributed by atoms with E-state index in [9.17, 15) is 4.39 Å². The van der Waals surface area contributed by atoms with E-state index in [4.69, 9.17) is 0 Å². The average molecular weight is 277 g/mol. The minimum absolute atomic E-state index is 0.125. The number of benzene rings is 1. The van der Waals surface area contributed by atoms with Gasteiger partial charge in [0, 0.05) is 12.2 Å². The minimum Gasteiger partial charge on any atom is -0.315 e. The number of aryl methyl sites for hydroxylation is 1. The molecule has 0 radical (unpaired) electrons. The predicted octanol–water partition coefficient (Wildman–Crippen LogP) is 2.93. The Labute approximate surface area is 85.1 Å². The lowest BCUT2D eigenvalue weighted by atomic mass is 10.0. The standard InChI is InChI=1S/C9H9FIN/c10-8-3-4-9-7(6-8)2-1-5-12(9)11/h3-4,6H,1-2,5H2. The molecule has 1 aromatic carbocycles. The van der Waals surface area contributed by atoms with E-state index in [0.29, 0.717) is 0 Å². The summed E-state index contributed by atoms with van der Waals surface area (Å²) in [5.41, 5.74) is 2.30. The van der Waals surface area contributed by atoms with Crippen molar-refractivity contribution in [3.63, 3.8) is 0 Å². The van der Waals surface area contributed by atoms with Crippen LogP contribution in [0.15, 0.2) is 18.2 Å². The van der Waals surface area contributed by atoms with Crippen molar-refractivity contribution in [1.82, 2.24) is 0 Å². The Balaban J connectivity index is 2.46. The first-order valence-electron chi connectivity index (χ1n) is 3.99. The maximum atomic E-state index is 12.8. The first-order chi connectivity index (χ1) is 5.77. The molecule has 1 aliphatic rings. The summed E-state index contributed by atoms with van der Waals surface area (Å²) in [5.74, 6) is -0.125. The minimum atomic E-state index is -0.125. The number of nitrogens with zero attached hydrogens (tertiary/aromatic N) is 1. The van der Waals surface area contributed by atoms with Gasteiger partial charge in [-0.3, -0.25) is 0 Å². The molecule has 0 bridgehead atoms. The lowest BCUT2D eigenvalue weighted by Gasteiger charge is -2.24. The number of fused-ring (bicyclic) bond motifs is 1. The molecule has 0 aliphatic carbocycles. The Kier molecular flexibility index (Phi) is 2.21. The molecule has 1 nitrogen and oxygen atoms in total. The van der Waals surface area contributed by atoms with Crippen molar-refractivity contribution in [2.75, 3.05) is 9.66 Å². The van der Waals surface area contributed by atoms with Crippen LogP contribution >= 0.6 is 22.9 Å². The van der Waals surface area contributed by atoms with E-state index >= 15 is 0 Å². The number of rotatable bonds is 0. The quantitative estimate of drug-likeness (QED) is 0.520. The molecule has 0 N–H and O–H groups in total. The number of halogens is 2. The third kappa shape index (κ3) is 1.42. The van der Waals surface area contributed by atoms with Crippen molar-refractivity contribution < 1.29 is 4.39 Å². The first-order valence-corrected chi connectivity index (χ1v) is 4.95. The fraction of sp³-hybridized carbons (Fsp3) is 0.333. The SMILES string of the molecule is Fc1ccc2c(c1)CCCN2I. The summed E-state index contributed by atoms with van der Waals surface area (Å²) in [4.78, 5) is 0. The molecule has 0 saturated carbocycles. The highest BCUT2D eigenvalue weighted by molar-refractivity contribution is 14.1. The molecule has 64 valence electrons. The van der Waals surface area contributed by atoms with E-state index in [1.54, 1.807) is 6.07 Å². The number of hydrogen-bond donors (Lipinski definition) is 0. The molecule has 0 atom stereocenters. The molecule has 0 spiro atoms. The van der Waals surface area contributed by atoms with Gasteiger partial charge >= 0.3 is 0 Å². The van der Waals surface area contributed by atoms with Gasteiger partial charge in [-0.15, -0.1) is 0 Å². The number of hydrogen-bond acceptors (Lipinski definition) is 1. The van der Waals surface area contributed by atoms with Gasteiger partial charge in [0.1, 0.15) is 5.82 Å². The second-order valence-corrected chi connectivity index (χ2v) is 4.13. The fourth-order valence-electron chi connectivity index (χ4n) is 1.52. The van der Waals surface area contributed by atoms with Crippen LogP contribution in [0, 0.1) is 5.82 Å². The summed E-state index contributed by atoms with van der Waals surface area (Å²) in [7, 11) is 0. The largest absolute Gasteiger partial charge is 0.315 e. The van der Waals surface area contributed by atoms with Crippen molar-refractivity contribution in [3.05, 3.63) is 29.6 Å². The van der Waals surface area contributed by atoms with Crippen LogP contribution in [0.3, 0.4) is 0 Å². The molecular weight excluding hydrogens is 268 g/mol. The van der Waals surface area contributed by atoms with Crippen LogP contribution in [0.4, 0.5) is 10.1 Å². The van der Waals surface area contributed by atoms with Gasteiger partial charge in [-0.1, -0.05) is 0 Å². The zero-order chi connectivity index (χ0) is 8.55. The van der Waals surface area contributed by atoms with Gasteiger partial charge in [-0.2, -0.15) is 0 Å². The molecule has 1 aliphatic heterocycles. The third-order valence-corrected chi connectivity index (χ3v) is 3.11. The summed E-state index contributed by atoms with van der Waals surface area (Å²) in [5, 5.41) is 0. The summed E-state index contributed by atoms with van der Waals surface area (Å²) in [6, 6.07) is 5.02. The van der Waals surface area contributed by atoms with Gasteiger partial charge in [0.15, 0.2) is 0 Å². The van der Waals surface area contributed by atoms with Gasteiger partial charge in [-0.05, 0) is 36.6 Å². The first kappa shape index (κ1) is 8.29. The van der Waals surface area contributed by atoms with Crippen molar-refractivity contribution in [3.8, 4) is 0 Å². The molecule has 3 heteroatoms. The zero-order valence-electron chi connectivity index (χ0n) is 6.56. The Bertz CT molecular complexity index is 301. The molecule has 0 aromatic heterocycles. The maximum Gasteiger partial charge on any atom is 0.123 e. The van der Waals surface area contributed by atoms with E-state index in [2.05, 4.69) is 26.0 Å². The zero-order valence-corrected chi connectivity index (χ0v) is 8.71. The summed E-state index contributed by atoms with van der Waals surface area (Å²) in [6.45, 7) is 1.07. The Morgan fingerprint density at radius 2 is 2.25 bits per heavy atom. The molecule has 1 heterocycles. The van der Waals surface area contributed by atoms with E-state index in [1.165, 1.54) is 11.8 Å². The smallest absolute Gasteiger partial charge is 0.123 e. The highest BCUT2D eigenvalue weighted by Crippen LogP contribution is 2.29. The average Bonchev–Trinajstić information content (AvgIpc) is 2.04. The third-order valence-electron chi connectivity index (χ3n) is 2.10. The van der Waals surface area contributed by atoms with Gasteiger partial charge in [0.05, 0.1) is 22.9 Å². The van der Waals surface area contributed by atoms with Crippen molar-refractivity contribution in [2.24, 2.45) is 0 Å². The predicted molar refractivity (Wildman–Crippen MR) is 56.1 cm³/mol. The van der Waals surface area contributed by atoms with Crippen LogP contribution in [0.5, 0.6) is 0 Å². The highest BCUT2D eigenvalue weighted by Gasteiger charge is 2.14. The van der Waals surface area contributed by atoms with Crippen LogP contribution in [0.25, 0.3) is 0 Å². The summed E-state index contributed by atoms with van der Waals surface area (Å²) < 4.78 is 14.9. The number of anilines is 1. The Morgan fingerprint density at radius 1 is 1.42 bits per heavy atom. The molecule has 2 rings (SSSR count). The normalized spacial score (nSPS) is 16.0. The van der Waals surface area contributed by atoms with Crippen LogP contribution in [-0.2, 0) is 6.42 Å². The van der Waals surface area contributed by atoms with E-state index in [-0.39, 0.29) is 5.82 Å². The summed E-state index contributed by atoms with van der Waals surface area (Å²) in [6.07, 6.45) is 2.13. The fourth-order valence-corrected chi connectivity index (χ4v) is 2.33. The topological polar surface area (TPSA) is 3.24 Å². The van der Waals surface area contributed by atoms with Gasteiger partial charge in [-0.25, -0.2) is 4.39 Å². The maximum absolute atomic E-state index is 12.8. The van der Waals surface area contributed by atoms with Gasteiger partial charge < -0.3 is 3.11 Å². The van der Waals surface area contributed by atoms with E-state index in [0.717, 1.165) is 24.9 Å². The van der Waals surface area contributed by atoms with Crippen LogP contribution < -0.4 is 3.11 Å². The van der Waals surface area contributed by atoms with Crippen molar-refractivity contribution in [1.29, 1.82) is 0 Å². The van der Waals surface area contributed by atoms with E-state index in [1.807, 2.05) is 6.07 Å². The van der Waals surface area contributed by atoms with Crippen molar-refractivity contribution in [2.45, 2.75) is 12.8 Å². The Morgan fingerprint density at radius 3 is 3.08 bits per heavy atom. The summed E-state index contributed by atoms with van der Waals surface area (Å²) >= 11 is 2.27. The molecular formula is C9H9FIN. The van der Waals surface area contributed by atoms with E-state index < -0.39 is 0 Å². The van der Waals surface area contributed by atoms with Crippen molar-refractivity contribution >= 4 is 28.6 Å². The Hall–Kier alpha value is -0.320. The van der Waals surface area contributed by atoms with Crippen LogP contribution in [0.1, 0.15) is 12.0 Å². The molecule has 0 saturated heterocycles. The van der Waals surface area contributed by atoms with Crippen LogP contribution in [0.2, 0.25) is 0 Å². The second kappa shape index (κ2) is 3.20. The van der Waals surface area contributed by atoms with Gasteiger partial charge in [0.25, 0.3) is 0 Å². The van der Waals surface area contributed by atoms with Crippen LogP contribution in [-0.4, -0.2) is 6.54 Å². The van der Waals surface area contributed by atoms with Gasteiger partial charge in [0.2, 0.25) is 0 Å². The molecule has 12 heavy (non-hydrogen) atoms. The molecule has 0 amide bonds. The lowest BCUT2D eigenvalue weighted by Crippen LogP contribution is -2.18. The molecule has 0 fully saturated rings.